The SMILES string of the molecule is C=C(OCC)C(C)(O)[C@@H]1CCCN1Cc1ccccc1. The van der Waals surface area contributed by atoms with Gasteiger partial charge in [0, 0.05) is 12.6 Å². The summed E-state index contributed by atoms with van der Waals surface area (Å²) in [7, 11) is 0. The van der Waals surface area contributed by atoms with Crippen LogP contribution in [-0.4, -0.2) is 34.8 Å². The van der Waals surface area contributed by atoms with Crippen molar-refractivity contribution in [3.63, 3.8) is 0 Å². The highest BCUT2D eigenvalue weighted by molar-refractivity contribution is 5.17. The molecule has 110 valence electrons. The molecule has 1 aliphatic heterocycles. The van der Waals surface area contributed by atoms with Crippen molar-refractivity contribution >= 4 is 0 Å². The van der Waals surface area contributed by atoms with Gasteiger partial charge in [-0.25, -0.2) is 0 Å². The maximum Gasteiger partial charge on any atom is 0.133 e. The van der Waals surface area contributed by atoms with E-state index in [1.807, 2.05) is 19.9 Å². The van der Waals surface area contributed by atoms with Gasteiger partial charge in [-0.05, 0) is 38.8 Å². The largest absolute Gasteiger partial charge is 0.496 e. The molecule has 0 bridgehead atoms. The van der Waals surface area contributed by atoms with E-state index in [1.165, 1.54) is 5.56 Å². The van der Waals surface area contributed by atoms with Gasteiger partial charge in [0.05, 0.1) is 6.61 Å². The van der Waals surface area contributed by atoms with E-state index in [1.54, 1.807) is 0 Å². The Morgan fingerprint density at radius 2 is 2.15 bits per heavy atom. The number of aliphatic hydroxyl groups is 1. The molecule has 1 unspecified atom stereocenters. The number of hydrogen-bond acceptors (Lipinski definition) is 3. The molecule has 1 fully saturated rings. The molecule has 0 spiro atoms. The standard InChI is InChI=1S/C17H25NO2/c1-4-20-14(2)17(3,19)16-11-8-12-18(16)13-15-9-6-5-7-10-15/h5-7,9-10,16,19H,2,4,8,11-13H2,1,3H3/t16-,17?/m0/s1. The van der Waals surface area contributed by atoms with E-state index in [0.717, 1.165) is 25.9 Å². The summed E-state index contributed by atoms with van der Waals surface area (Å²) in [5.41, 5.74) is 0.276. The van der Waals surface area contributed by atoms with E-state index in [9.17, 15) is 5.11 Å². The second-order valence-corrected chi connectivity index (χ2v) is 5.62. The fourth-order valence-corrected chi connectivity index (χ4v) is 2.98. The molecule has 2 atom stereocenters. The van der Waals surface area contributed by atoms with Crippen LogP contribution in [0.25, 0.3) is 0 Å². The maximum absolute atomic E-state index is 10.8. The zero-order chi connectivity index (χ0) is 14.6. The third kappa shape index (κ3) is 3.22. The number of hydrogen-bond donors (Lipinski definition) is 1. The van der Waals surface area contributed by atoms with E-state index < -0.39 is 5.60 Å². The van der Waals surface area contributed by atoms with Gasteiger partial charge in [-0.3, -0.25) is 4.90 Å². The van der Waals surface area contributed by atoms with Crippen LogP contribution >= 0.6 is 0 Å². The van der Waals surface area contributed by atoms with Crippen LogP contribution in [0, 0.1) is 0 Å². The summed E-state index contributed by atoms with van der Waals surface area (Å²) in [6.45, 7) is 10.0. The van der Waals surface area contributed by atoms with Gasteiger partial charge in [0.2, 0.25) is 0 Å². The zero-order valence-electron chi connectivity index (χ0n) is 12.5. The fraction of sp³-hybridized carbons (Fsp3) is 0.529. The smallest absolute Gasteiger partial charge is 0.133 e. The average Bonchev–Trinajstić information content (AvgIpc) is 2.89. The van der Waals surface area contributed by atoms with E-state index in [2.05, 4.69) is 35.7 Å². The number of likely N-dealkylation sites (tertiary alicyclic amines) is 1. The minimum atomic E-state index is -0.999. The first-order valence-corrected chi connectivity index (χ1v) is 7.38. The first kappa shape index (κ1) is 15.1. The molecule has 0 amide bonds. The molecule has 1 aliphatic rings. The van der Waals surface area contributed by atoms with Gasteiger partial charge in [-0.1, -0.05) is 36.9 Å². The number of ether oxygens (including phenoxy) is 1. The van der Waals surface area contributed by atoms with Crippen LogP contribution in [0.15, 0.2) is 42.7 Å². The molecule has 1 heterocycles. The lowest BCUT2D eigenvalue weighted by molar-refractivity contribution is -0.0333. The molecule has 20 heavy (non-hydrogen) atoms. The zero-order valence-corrected chi connectivity index (χ0v) is 12.5. The highest BCUT2D eigenvalue weighted by Crippen LogP contribution is 2.33. The van der Waals surface area contributed by atoms with Gasteiger partial charge >= 0.3 is 0 Å². The molecule has 0 saturated carbocycles. The Morgan fingerprint density at radius 1 is 1.45 bits per heavy atom. The lowest BCUT2D eigenvalue weighted by atomic mass is 9.92. The minimum Gasteiger partial charge on any atom is -0.496 e. The first-order chi connectivity index (χ1) is 9.55. The molecule has 0 aliphatic carbocycles. The molecular weight excluding hydrogens is 250 g/mol. The summed E-state index contributed by atoms with van der Waals surface area (Å²) < 4.78 is 5.45. The lowest BCUT2D eigenvalue weighted by Gasteiger charge is -2.37. The summed E-state index contributed by atoms with van der Waals surface area (Å²) in [5, 5.41) is 10.8. The van der Waals surface area contributed by atoms with Crippen molar-refractivity contribution in [2.24, 2.45) is 0 Å². The third-order valence-corrected chi connectivity index (χ3v) is 4.12. The van der Waals surface area contributed by atoms with Crippen LogP contribution < -0.4 is 0 Å². The average molecular weight is 275 g/mol. The van der Waals surface area contributed by atoms with Crippen LogP contribution in [0.4, 0.5) is 0 Å². The van der Waals surface area contributed by atoms with E-state index in [-0.39, 0.29) is 6.04 Å². The van der Waals surface area contributed by atoms with Gasteiger partial charge in [0.15, 0.2) is 0 Å². The second-order valence-electron chi connectivity index (χ2n) is 5.62. The van der Waals surface area contributed by atoms with Crippen molar-refractivity contribution in [1.82, 2.24) is 4.90 Å². The van der Waals surface area contributed by atoms with Crippen molar-refractivity contribution in [3.05, 3.63) is 48.2 Å². The van der Waals surface area contributed by atoms with Crippen LogP contribution in [0.5, 0.6) is 0 Å². The number of nitrogens with zero attached hydrogens (tertiary/aromatic N) is 1. The summed E-state index contributed by atoms with van der Waals surface area (Å²) in [6.07, 6.45) is 2.08. The van der Waals surface area contributed by atoms with Crippen molar-refractivity contribution in [3.8, 4) is 0 Å². The van der Waals surface area contributed by atoms with Crippen molar-refractivity contribution in [2.45, 2.75) is 44.9 Å². The molecule has 3 heteroatoms. The van der Waals surface area contributed by atoms with Crippen LogP contribution in [0.1, 0.15) is 32.3 Å². The molecule has 2 rings (SSSR count). The summed E-state index contributed by atoms with van der Waals surface area (Å²) in [4.78, 5) is 2.33. The Bertz CT molecular complexity index is 442. The maximum atomic E-state index is 10.8. The van der Waals surface area contributed by atoms with Crippen molar-refractivity contribution in [2.75, 3.05) is 13.2 Å². The Kier molecular flexibility index (Phi) is 4.84. The second kappa shape index (κ2) is 6.42. The molecule has 0 aromatic heterocycles. The van der Waals surface area contributed by atoms with E-state index in [4.69, 9.17) is 4.74 Å². The summed E-state index contributed by atoms with van der Waals surface area (Å²) in [5.74, 6) is 0.477. The van der Waals surface area contributed by atoms with Crippen molar-refractivity contribution < 1.29 is 9.84 Å². The minimum absolute atomic E-state index is 0.0711. The third-order valence-electron chi connectivity index (χ3n) is 4.12. The first-order valence-electron chi connectivity index (χ1n) is 7.38. The highest BCUT2D eigenvalue weighted by atomic mass is 16.5. The topological polar surface area (TPSA) is 32.7 Å². The molecule has 0 radical (unpaired) electrons. The predicted octanol–water partition coefficient (Wildman–Crippen LogP) is 2.95. The molecule has 1 aromatic rings. The van der Waals surface area contributed by atoms with Gasteiger partial charge < -0.3 is 9.84 Å². The van der Waals surface area contributed by atoms with E-state index in [0.29, 0.717) is 12.4 Å². The lowest BCUT2D eigenvalue weighted by Crippen LogP contribution is -2.49. The van der Waals surface area contributed by atoms with E-state index >= 15 is 0 Å². The summed E-state index contributed by atoms with van der Waals surface area (Å²) in [6, 6.07) is 10.5. The highest BCUT2D eigenvalue weighted by Gasteiger charge is 2.42. The monoisotopic (exact) mass is 275 g/mol. The van der Waals surface area contributed by atoms with Gasteiger partial charge in [0.1, 0.15) is 11.4 Å². The molecule has 3 nitrogen and oxygen atoms in total. The van der Waals surface area contributed by atoms with Gasteiger partial charge in [0.25, 0.3) is 0 Å². The Labute approximate surface area is 121 Å². The molecule has 1 N–H and O–H groups in total. The molecule has 1 saturated heterocycles. The number of benzene rings is 1. The van der Waals surface area contributed by atoms with Crippen LogP contribution in [0.2, 0.25) is 0 Å². The van der Waals surface area contributed by atoms with Crippen LogP contribution in [-0.2, 0) is 11.3 Å². The normalized spacial score (nSPS) is 22.4. The van der Waals surface area contributed by atoms with Gasteiger partial charge in [-0.15, -0.1) is 0 Å². The number of rotatable bonds is 6. The predicted molar refractivity (Wildman–Crippen MR) is 81.3 cm³/mol. The van der Waals surface area contributed by atoms with Crippen molar-refractivity contribution in [1.29, 1.82) is 0 Å². The quantitative estimate of drug-likeness (QED) is 0.810. The Morgan fingerprint density at radius 3 is 2.80 bits per heavy atom. The Balaban J connectivity index is 2.08. The summed E-state index contributed by atoms with van der Waals surface area (Å²) >= 11 is 0. The molecular formula is C17H25NO2. The van der Waals surface area contributed by atoms with Crippen LogP contribution in [0.3, 0.4) is 0 Å². The molecule has 1 aromatic carbocycles. The Hall–Kier alpha value is -1.32. The van der Waals surface area contributed by atoms with Gasteiger partial charge in [-0.2, -0.15) is 0 Å². The fourth-order valence-electron chi connectivity index (χ4n) is 2.98.